The van der Waals surface area contributed by atoms with Crippen LogP contribution in [0.3, 0.4) is 0 Å². The van der Waals surface area contributed by atoms with Crippen LogP contribution in [0, 0.1) is 0 Å². The lowest BCUT2D eigenvalue weighted by molar-refractivity contribution is -0.137. The molecule has 0 aromatic rings. The number of amides is 5. The normalized spacial score (nSPS) is 23.5. The summed E-state index contributed by atoms with van der Waals surface area (Å²) in [5.74, 6) is 1.53. The van der Waals surface area contributed by atoms with Crippen molar-refractivity contribution in [3.63, 3.8) is 0 Å². The lowest BCUT2D eigenvalue weighted by Gasteiger charge is -2.16. The lowest BCUT2D eigenvalue weighted by Crippen LogP contribution is -2.36. The van der Waals surface area contributed by atoms with Gasteiger partial charge in [-0.25, -0.2) is 13.8 Å². The van der Waals surface area contributed by atoms with Crippen molar-refractivity contribution in [1.29, 1.82) is 1.43 Å². The fraction of sp³-hybridized carbons (Fsp3) is 0.875. The second kappa shape index (κ2) is 32.5. The number of hydrogen-bond donors (Lipinski definition) is 9. The number of fused-ring (bicyclic) bond motifs is 2. The molecule has 0 radical (unpaired) electrons. The van der Waals surface area contributed by atoms with Gasteiger partial charge in [-0.15, -0.1) is 0 Å². The van der Waals surface area contributed by atoms with Crippen LogP contribution in [-0.2, 0) is 28.5 Å². The molecule has 53 heavy (non-hydrogen) atoms. The molecule has 0 aromatic heterocycles. The van der Waals surface area contributed by atoms with Crippen molar-refractivity contribution >= 4 is 57.0 Å². The van der Waals surface area contributed by atoms with E-state index in [1.807, 2.05) is 23.5 Å². The first-order valence-corrected chi connectivity index (χ1v) is 20.8. The quantitative estimate of drug-likeness (QED) is 0.0341. The number of halogens is 1. The number of carbonyl (C=O) groups excluding carboxylic acids is 3. The van der Waals surface area contributed by atoms with Crippen molar-refractivity contribution in [1.82, 2.24) is 26.6 Å². The predicted molar refractivity (Wildman–Crippen MR) is 210 cm³/mol. The molecular weight excluding hydrogens is 755 g/mol. The van der Waals surface area contributed by atoms with Gasteiger partial charge in [0.15, 0.2) is 0 Å². The number of carboxylic acid groups (broad SMARTS) is 1. The highest BCUT2D eigenvalue weighted by Crippen LogP contribution is 2.34. The molecule has 7 unspecified atom stereocenters. The summed E-state index contributed by atoms with van der Waals surface area (Å²) in [7, 11) is 0.917. The largest absolute Gasteiger partial charge is 0.481 e. The summed E-state index contributed by atoms with van der Waals surface area (Å²) in [5.41, 5.74) is 15.7. The zero-order chi connectivity index (χ0) is 39.8. The summed E-state index contributed by atoms with van der Waals surface area (Å²) >= 11 is 3.78. The monoisotopic (exact) mass is 820 g/mol. The third-order valence-electron chi connectivity index (χ3n) is 8.24. The van der Waals surface area contributed by atoms with Crippen molar-refractivity contribution in [2.24, 2.45) is 17.2 Å². The smallest absolute Gasteiger partial charge is 0.315 e. The Kier molecular flexibility index (Phi) is 29.1. The summed E-state index contributed by atoms with van der Waals surface area (Å²) < 4.78 is 36.4. The van der Waals surface area contributed by atoms with E-state index in [1.54, 1.807) is 0 Å². The molecule has 0 bridgehead atoms. The summed E-state index contributed by atoms with van der Waals surface area (Å²) in [4.78, 5) is 45.0. The summed E-state index contributed by atoms with van der Waals surface area (Å²) in [5, 5.41) is 19.4. The Labute approximate surface area is 325 Å². The number of rotatable bonds is 25. The van der Waals surface area contributed by atoms with E-state index in [-0.39, 0.29) is 42.1 Å². The van der Waals surface area contributed by atoms with Crippen molar-refractivity contribution in [3.8, 4) is 0 Å². The van der Waals surface area contributed by atoms with E-state index in [1.165, 1.54) is 0 Å². The van der Waals surface area contributed by atoms with E-state index in [0.29, 0.717) is 102 Å². The molecule has 12 N–H and O–H groups in total. The maximum Gasteiger partial charge on any atom is 0.315 e. The van der Waals surface area contributed by atoms with E-state index < -0.39 is 5.97 Å². The number of unbranched alkanes of at least 4 members (excludes halogenated alkanes) is 2. The molecule has 310 valence electrons. The third-order valence-corrected chi connectivity index (χ3v) is 11.3. The average molecular weight is 821 g/mol. The molecule has 4 fully saturated rings. The minimum atomic E-state index is -0.474. The number of nitrogens with two attached hydrogens (primary N) is 3. The van der Waals surface area contributed by atoms with Gasteiger partial charge in [-0.3, -0.25) is 9.59 Å². The zero-order valence-corrected chi connectivity index (χ0v) is 33.5. The molecule has 4 rings (SSSR count). The molecule has 4 aliphatic heterocycles. The van der Waals surface area contributed by atoms with Gasteiger partial charge in [-0.2, -0.15) is 23.5 Å². The fourth-order valence-corrected chi connectivity index (χ4v) is 8.86. The van der Waals surface area contributed by atoms with Gasteiger partial charge in [0.2, 0.25) is 5.91 Å². The molecule has 4 saturated heterocycles. The molecule has 0 aromatic carbocycles. The molecular formula is C32H64FN8O9PS2. The molecule has 4 aliphatic rings. The van der Waals surface area contributed by atoms with E-state index >= 15 is 0 Å². The van der Waals surface area contributed by atoms with Crippen molar-refractivity contribution in [2.45, 2.75) is 86.0 Å². The standard InChI is InChI=1S/C16H30N4O4S.C10H16N2O3S.C6H16N2O2.FH2P/c17-5-7-23-9-10-24-8-6-18-14(21)4-2-1-3-13-15-12(11-25-13)19-16(22)20-15;13-8(14)4-2-1-3-7-9-6(5-16-7)11-10(15)12-9;7-1-3-9-5-6-10-4-2-8;1-2/h12-13,15H,1-11,17H2,(H,18,21)(H2,19,20,22);6-7,9H,1-5H2,(H,13,14)(H2,11,12,15);1-8H2;2H2/i/hT. The molecule has 17 nitrogen and oxygen atoms in total. The van der Waals surface area contributed by atoms with Crippen molar-refractivity contribution in [3.05, 3.63) is 0 Å². The Morgan fingerprint density at radius 3 is 1.58 bits per heavy atom. The molecule has 0 aliphatic carbocycles. The van der Waals surface area contributed by atoms with E-state index in [4.69, 9.17) is 37.6 Å². The highest BCUT2D eigenvalue weighted by atomic mass is 32.2. The third kappa shape index (κ3) is 23.1. The molecule has 4 heterocycles. The number of aliphatic carboxylic acids is 1. The van der Waals surface area contributed by atoms with Gasteiger partial charge in [0, 0.05) is 61.0 Å². The second-order valence-corrected chi connectivity index (χ2v) is 14.8. The van der Waals surface area contributed by atoms with Crippen LogP contribution >= 0.6 is 33.1 Å². The molecule has 0 saturated carbocycles. The van der Waals surface area contributed by atoms with Crippen LogP contribution < -0.4 is 43.8 Å². The second-order valence-electron chi connectivity index (χ2n) is 12.3. The number of thioether (sulfide) groups is 2. The topological polar surface area (TPSA) is 264 Å². The number of hydrogen-bond acceptors (Lipinski definition) is 14. The van der Waals surface area contributed by atoms with Gasteiger partial charge < -0.3 is 67.8 Å². The molecule has 0 spiro atoms. The fourth-order valence-electron chi connectivity index (χ4n) is 5.78. The summed E-state index contributed by atoms with van der Waals surface area (Å²) in [6.45, 7) is 6.68. The van der Waals surface area contributed by atoms with Crippen LogP contribution in [0.25, 0.3) is 1.43 Å². The minimum absolute atomic E-state index is 0.0483. The SMILES string of the molecule is FP.NCCOCCOCCN.NCCOCCOCCNC(=O)CCCCC1SCC2NC(=O)NC21.[3H]OC(=O)CCCCC1SCC2NC(=O)NC21. The van der Waals surface area contributed by atoms with Gasteiger partial charge in [0.05, 0.1) is 86.6 Å². The molecule has 21 heteroatoms. The Morgan fingerprint density at radius 2 is 1.15 bits per heavy atom. The van der Waals surface area contributed by atoms with Crippen LogP contribution in [0.15, 0.2) is 0 Å². The number of urea groups is 2. The first-order valence-electron chi connectivity index (χ1n) is 18.7. The van der Waals surface area contributed by atoms with Crippen LogP contribution in [0.1, 0.15) is 51.4 Å². The average Bonchev–Trinajstić information content (AvgIpc) is 3.94. The van der Waals surface area contributed by atoms with Gasteiger partial charge in [0.1, 0.15) is 0 Å². The van der Waals surface area contributed by atoms with Gasteiger partial charge in [-0.05, 0) is 25.7 Å². The Balaban J connectivity index is 0.000000434. The zero-order valence-electron chi connectivity index (χ0n) is 31.7. The maximum atomic E-state index is 11.8. The minimum Gasteiger partial charge on any atom is -0.481 e. The first-order chi connectivity index (χ1) is 26.3. The number of ether oxygens (including phenoxy) is 4. The summed E-state index contributed by atoms with van der Waals surface area (Å²) in [6, 6.07) is 0.895. The van der Waals surface area contributed by atoms with Crippen LogP contribution in [0.4, 0.5) is 13.8 Å². The highest BCUT2D eigenvalue weighted by Gasteiger charge is 2.43. The number of carbonyl (C=O) groups is 4. The van der Waals surface area contributed by atoms with E-state index in [9.17, 15) is 23.4 Å². The van der Waals surface area contributed by atoms with Gasteiger partial charge >= 0.3 is 18.0 Å². The van der Waals surface area contributed by atoms with Crippen molar-refractivity contribution < 1.29 is 47.4 Å². The van der Waals surface area contributed by atoms with Gasteiger partial charge in [0.25, 0.3) is 1.43 Å². The van der Waals surface area contributed by atoms with Crippen LogP contribution in [0.2, 0.25) is 0 Å². The Hall–Kier alpha value is -1.74. The highest BCUT2D eigenvalue weighted by molar-refractivity contribution is 8.00. The maximum absolute atomic E-state index is 11.8. The Morgan fingerprint density at radius 1 is 0.717 bits per heavy atom. The molecule has 7 atom stereocenters. The Bertz CT molecular complexity index is 1020. The van der Waals surface area contributed by atoms with Gasteiger partial charge in [-0.1, -0.05) is 12.8 Å². The van der Waals surface area contributed by atoms with E-state index in [0.717, 1.165) is 59.6 Å². The van der Waals surface area contributed by atoms with Crippen LogP contribution in [0.5, 0.6) is 0 Å². The number of nitrogens with one attached hydrogen (secondary N) is 5. The lowest BCUT2D eigenvalue weighted by atomic mass is 10.0. The first kappa shape index (κ1) is 47.4. The molecule has 5 amide bonds. The van der Waals surface area contributed by atoms with Crippen molar-refractivity contribution in [2.75, 3.05) is 90.5 Å². The summed E-state index contributed by atoms with van der Waals surface area (Å²) in [6.07, 6.45) is 6.40. The number of carboxylic acids is 1. The predicted octanol–water partition coefficient (Wildman–Crippen LogP) is 0.300. The van der Waals surface area contributed by atoms with Crippen LogP contribution in [-0.4, -0.2) is 154 Å². The van der Waals surface area contributed by atoms with E-state index in [2.05, 4.69) is 31.7 Å².